The summed E-state index contributed by atoms with van der Waals surface area (Å²) >= 11 is 1.82. The average Bonchev–Trinajstić information content (AvgIpc) is 2.45. The third-order valence-electron chi connectivity index (χ3n) is 2.67. The van der Waals surface area contributed by atoms with Gasteiger partial charge in [0, 0.05) is 10.6 Å². The van der Waals surface area contributed by atoms with E-state index in [1.165, 1.54) is 10.5 Å². The second-order valence-electron chi connectivity index (χ2n) is 4.01. The summed E-state index contributed by atoms with van der Waals surface area (Å²) in [5.41, 5.74) is 1.32. The molecule has 0 aliphatic carbocycles. The topological polar surface area (TPSA) is 9.23 Å². The van der Waals surface area contributed by atoms with E-state index in [-0.39, 0.29) is 0 Å². The van der Waals surface area contributed by atoms with E-state index in [4.69, 9.17) is 4.74 Å². The van der Waals surface area contributed by atoms with Gasteiger partial charge in [0.15, 0.2) is 0 Å². The van der Waals surface area contributed by atoms with Gasteiger partial charge in [0.25, 0.3) is 0 Å². The zero-order chi connectivity index (χ0) is 12.6. The quantitative estimate of drug-likeness (QED) is 0.560. The van der Waals surface area contributed by atoms with Crippen LogP contribution in [0.1, 0.15) is 12.5 Å². The molecule has 0 saturated carbocycles. The Balaban J connectivity index is 1.75. The van der Waals surface area contributed by atoms with Crippen LogP contribution in [0.3, 0.4) is 0 Å². The van der Waals surface area contributed by atoms with E-state index in [0.29, 0.717) is 0 Å². The molecule has 18 heavy (non-hydrogen) atoms. The van der Waals surface area contributed by atoms with Crippen molar-refractivity contribution in [2.45, 2.75) is 18.2 Å². The first kappa shape index (κ1) is 13.0. The van der Waals surface area contributed by atoms with Crippen molar-refractivity contribution in [1.82, 2.24) is 0 Å². The molecule has 0 aromatic heterocycles. The maximum Gasteiger partial charge on any atom is 0.119 e. The molecule has 0 radical (unpaired) electrons. The molecule has 94 valence electrons. The van der Waals surface area contributed by atoms with Gasteiger partial charge in [0.05, 0.1) is 6.61 Å². The minimum atomic E-state index is 0.743. The lowest BCUT2D eigenvalue weighted by Gasteiger charge is -2.07. The molecular weight excluding hydrogens is 240 g/mol. The lowest BCUT2D eigenvalue weighted by atomic mass is 10.2. The number of hydrogen-bond donors (Lipinski definition) is 0. The Morgan fingerprint density at radius 1 is 1.00 bits per heavy atom. The average molecular weight is 258 g/mol. The Kier molecular flexibility index (Phi) is 5.15. The molecule has 0 aliphatic rings. The molecule has 1 nitrogen and oxygen atoms in total. The molecule has 2 aromatic rings. The van der Waals surface area contributed by atoms with Gasteiger partial charge in [0.1, 0.15) is 5.75 Å². The maximum absolute atomic E-state index is 5.75. The fourth-order valence-corrected chi connectivity index (χ4v) is 2.44. The lowest BCUT2D eigenvalue weighted by Crippen LogP contribution is -2.00. The van der Waals surface area contributed by atoms with Gasteiger partial charge in [-0.2, -0.15) is 0 Å². The van der Waals surface area contributed by atoms with Gasteiger partial charge in [-0.25, -0.2) is 0 Å². The van der Waals surface area contributed by atoms with Crippen molar-refractivity contribution in [3.8, 4) is 5.75 Å². The molecule has 0 spiro atoms. The summed E-state index contributed by atoms with van der Waals surface area (Å²) in [5.74, 6) is 1.95. The van der Waals surface area contributed by atoms with Gasteiger partial charge in [0.2, 0.25) is 0 Å². The van der Waals surface area contributed by atoms with Crippen molar-refractivity contribution < 1.29 is 4.74 Å². The van der Waals surface area contributed by atoms with Crippen molar-refractivity contribution in [2.24, 2.45) is 0 Å². The molecule has 0 saturated heterocycles. The summed E-state index contributed by atoms with van der Waals surface area (Å²) in [6, 6.07) is 18.7. The molecule has 0 bridgehead atoms. The van der Waals surface area contributed by atoms with Gasteiger partial charge < -0.3 is 4.74 Å². The third-order valence-corrected chi connectivity index (χ3v) is 3.65. The monoisotopic (exact) mass is 258 g/mol. The second kappa shape index (κ2) is 7.12. The summed E-state index contributed by atoms with van der Waals surface area (Å²) < 4.78 is 5.75. The number of thioether (sulfide) groups is 1. The maximum atomic E-state index is 5.75. The Bertz CT molecular complexity index is 468. The SMILES string of the molecule is CCc1cccc(OCCSc2ccccc2)c1. The number of ether oxygens (including phenoxy) is 1. The van der Waals surface area contributed by atoms with Crippen LogP contribution in [-0.2, 0) is 6.42 Å². The van der Waals surface area contributed by atoms with E-state index in [9.17, 15) is 0 Å². The van der Waals surface area contributed by atoms with Crippen LogP contribution in [0, 0.1) is 0 Å². The summed E-state index contributed by atoms with van der Waals surface area (Å²) in [4.78, 5) is 1.29. The molecule has 2 aromatic carbocycles. The van der Waals surface area contributed by atoms with Crippen molar-refractivity contribution in [1.29, 1.82) is 0 Å². The summed E-state index contributed by atoms with van der Waals surface area (Å²) in [6.07, 6.45) is 1.05. The molecule has 0 unspecified atom stereocenters. The van der Waals surface area contributed by atoms with Gasteiger partial charge in [-0.1, -0.05) is 37.3 Å². The Labute approximate surface area is 113 Å². The van der Waals surface area contributed by atoms with Crippen molar-refractivity contribution in [3.05, 3.63) is 60.2 Å². The molecule has 0 atom stereocenters. The van der Waals surface area contributed by atoms with E-state index in [1.54, 1.807) is 0 Å². The Morgan fingerprint density at radius 3 is 2.61 bits per heavy atom. The van der Waals surface area contributed by atoms with Crippen LogP contribution in [0.15, 0.2) is 59.5 Å². The van der Waals surface area contributed by atoms with E-state index in [2.05, 4.69) is 49.4 Å². The van der Waals surface area contributed by atoms with E-state index >= 15 is 0 Å². The predicted molar refractivity (Wildman–Crippen MR) is 78.5 cm³/mol. The largest absolute Gasteiger partial charge is 0.493 e. The van der Waals surface area contributed by atoms with Crippen LogP contribution in [0.25, 0.3) is 0 Å². The summed E-state index contributed by atoms with van der Waals surface area (Å²) in [5, 5.41) is 0. The zero-order valence-electron chi connectivity index (χ0n) is 10.6. The minimum Gasteiger partial charge on any atom is -0.493 e. The number of rotatable bonds is 6. The van der Waals surface area contributed by atoms with E-state index < -0.39 is 0 Å². The van der Waals surface area contributed by atoms with Crippen LogP contribution in [0.2, 0.25) is 0 Å². The summed E-state index contributed by atoms with van der Waals surface area (Å²) in [7, 11) is 0. The standard InChI is InChI=1S/C16H18OS/c1-2-14-7-6-8-15(13-14)17-11-12-18-16-9-4-3-5-10-16/h3-10,13H,2,11-12H2,1H3. The van der Waals surface area contributed by atoms with Crippen molar-refractivity contribution >= 4 is 11.8 Å². The predicted octanol–water partition coefficient (Wildman–Crippen LogP) is 4.42. The highest BCUT2D eigenvalue weighted by atomic mass is 32.2. The highest BCUT2D eigenvalue weighted by molar-refractivity contribution is 7.99. The molecule has 0 aliphatic heterocycles. The first-order chi connectivity index (χ1) is 8.88. The van der Waals surface area contributed by atoms with Crippen LogP contribution in [0.5, 0.6) is 5.75 Å². The number of benzene rings is 2. The van der Waals surface area contributed by atoms with Crippen molar-refractivity contribution in [2.75, 3.05) is 12.4 Å². The lowest BCUT2D eigenvalue weighted by molar-refractivity contribution is 0.343. The molecule has 0 heterocycles. The zero-order valence-corrected chi connectivity index (χ0v) is 11.5. The number of aryl methyl sites for hydroxylation is 1. The molecule has 0 amide bonds. The van der Waals surface area contributed by atoms with Gasteiger partial charge in [-0.15, -0.1) is 11.8 Å². The smallest absolute Gasteiger partial charge is 0.119 e. The molecular formula is C16H18OS. The van der Waals surface area contributed by atoms with E-state index in [1.807, 2.05) is 23.9 Å². The molecule has 0 N–H and O–H groups in total. The first-order valence-electron chi connectivity index (χ1n) is 6.28. The van der Waals surface area contributed by atoms with Gasteiger partial charge in [-0.05, 0) is 36.2 Å². The molecule has 2 rings (SSSR count). The van der Waals surface area contributed by atoms with Crippen LogP contribution in [-0.4, -0.2) is 12.4 Å². The van der Waals surface area contributed by atoms with Crippen LogP contribution in [0.4, 0.5) is 0 Å². The second-order valence-corrected chi connectivity index (χ2v) is 5.18. The van der Waals surface area contributed by atoms with Crippen LogP contribution >= 0.6 is 11.8 Å². The first-order valence-corrected chi connectivity index (χ1v) is 7.26. The normalized spacial score (nSPS) is 10.3. The Morgan fingerprint density at radius 2 is 1.83 bits per heavy atom. The summed E-state index contributed by atoms with van der Waals surface area (Å²) in [6.45, 7) is 2.90. The van der Waals surface area contributed by atoms with Crippen molar-refractivity contribution in [3.63, 3.8) is 0 Å². The highest BCUT2D eigenvalue weighted by Gasteiger charge is 1.96. The third kappa shape index (κ3) is 4.11. The van der Waals surface area contributed by atoms with Gasteiger partial charge >= 0.3 is 0 Å². The fraction of sp³-hybridized carbons (Fsp3) is 0.250. The highest BCUT2D eigenvalue weighted by Crippen LogP contribution is 2.18. The van der Waals surface area contributed by atoms with E-state index in [0.717, 1.165) is 24.5 Å². The Hall–Kier alpha value is -1.41. The van der Waals surface area contributed by atoms with Gasteiger partial charge in [-0.3, -0.25) is 0 Å². The van der Waals surface area contributed by atoms with Crippen LogP contribution < -0.4 is 4.74 Å². The molecule has 0 fully saturated rings. The minimum absolute atomic E-state index is 0.743. The molecule has 2 heteroatoms. The number of hydrogen-bond acceptors (Lipinski definition) is 2. The fourth-order valence-electron chi connectivity index (χ4n) is 1.69.